The molecule has 3 heterocycles. The summed E-state index contributed by atoms with van der Waals surface area (Å²) in [4.78, 5) is 30.9. The number of nitrogens with one attached hydrogen (secondary N) is 3. The third-order valence-electron chi connectivity index (χ3n) is 5.86. The number of rotatable bonds is 5. The van der Waals surface area contributed by atoms with E-state index in [1.54, 1.807) is 0 Å². The number of aryl methyl sites for hydroxylation is 2. The van der Waals surface area contributed by atoms with Gasteiger partial charge >= 0.3 is 0 Å². The van der Waals surface area contributed by atoms with Crippen molar-refractivity contribution >= 4 is 29.2 Å². The predicted octanol–water partition coefficient (Wildman–Crippen LogP) is 3.26. The van der Waals surface area contributed by atoms with Crippen molar-refractivity contribution < 1.29 is 9.59 Å². The van der Waals surface area contributed by atoms with E-state index in [-0.39, 0.29) is 11.8 Å². The second kappa shape index (κ2) is 7.87. The number of aromatic amines is 1. The first kappa shape index (κ1) is 19.5. The Bertz CT molecular complexity index is 997. The second-order valence-corrected chi connectivity index (χ2v) is 8.03. The Kier molecular flexibility index (Phi) is 5.28. The molecule has 29 heavy (non-hydrogen) atoms. The van der Waals surface area contributed by atoms with Crippen LogP contribution in [-0.4, -0.2) is 47.9 Å². The Labute approximate surface area is 171 Å². The Morgan fingerprint density at radius 1 is 1.21 bits per heavy atom. The van der Waals surface area contributed by atoms with Crippen LogP contribution >= 0.6 is 0 Å². The molecule has 0 saturated carbocycles. The highest BCUT2D eigenvalue weighted by Gasteiger charge is 2.25. The molecule has 0 aliphatic carbocycles. The van der Waals surface area contributed by atoms with Crippen LogP contribution in [0.1, 0.15) is 51.3 Å². The number of amides is 2. The summed E-state index contributed by atoms with van der Waals surface area (Å²) in [5, 5.41) is 5.95. The number of benzene rings is 1. The molecule has 6 nitrogen and oxygen atoms in total. The van der Waals surface area contributed by atoms with Gasteiger partial charge in [-0.15, -0.1) is 0 Å². The highest BCUT2D eigenvalue weighted by atomic mass is 16.2. The van der Waals surface area contributed by atoms with Gasteiger partial charge in [-0.3, -0.25) is 9.59 Å². The summed E-state index contributed by atoms with van der Waals surface area (Å²) in [6, 6.07) is 5.92. The van der Waals surface area contributed by atoms with Gasteiger partial charge in [0.2, 0.25) is 0 Å². The Morgan fingerprint density at radius 2 is 1.97 bits per heavy atom. The number of hydrogen-bond acceptors (Lipinski definition) is 3. The molecule has 1 saturated heterocycles. The molecule has 0 atom stereocenters. The Morgan fingerprint density at radius 3 is 2.72 bits per heavy atom. The van der Waals surface area contributed by atoms with Crippen LogP contribution in [0.3, 0.4) is 0 Å². The average molecular weight is 393 g/mol. The van der Waals surface area contributed by atoms with Gasteiger partial charge in [-0.25, -0.2) is 0 Å². The van der Waals surface area contributed by atoms with E-state index in [0.717, 1.165) is 53.4 Å². The fourth-order valence-electron chi connectivity index (χ4n) is 4.27. The summed E-state index contributed by atoms with van der Waals surface area (Å²) < 4.78 is 0. The van der Waals surface area contributed by atoms with Gasteiger partial charge < -0.3 is 20.5 Å². The van der Waals surface area contributed by atoms with E-state index in [9.17, 15) is 9.59 Å². The first-order valence-corrected chi connectivity index (χ1v) is 10.3. The normalized spacial score (nSPS) is 17.6. The molecule has 4 rings (SSSR count). The second-order valence-electron chi connectivity index (χ2n) is 8.03. The molecule has 1 aromatic carbocycles. The van der Waals surface area contributed by atoms with Crippen LogP contribution < -0.4 is 10.6 Å². The van der Waals surface area contributed by atoms with Crippen molar-refractivity contribution in [1.82, 2.24) is 15.2 Å². The Balaban J connectivity index is 1.54. The lowest BCUT2D eigenvalue weighted by Gasteiger charge is -2.14. The van der Waals surface area contributed by atoms with Crippen molar-refractivity contribution in [3.05, 3.63) is 51.8 Å². The number of carbonyl (C=O) groups is 2. The van der Waals surface area contributed by atoms with Crippen molar-refractivity contribution in [2.45, 2.75) is 33.6 Å². The molecule has 3 N–H and O–H groups in total. The highest BCUT2D eigenvalue weighted by Crippen LogP contribution is 2.34. The number of carbonyl (C=O) groups excluding carboxylic acids is 2. The van der Waals surface area contributed by atoms with Crippen LogP contribution in [-0.2, 0) is 4.79 Å². The van der Waals surface area contributed by atoms with Gasteiger partial charge in [0.25, 0.3) is 11.8 Å². The molecule has 1 aromatic heterocycles. The van der Waals surface area contributed by atoms with Crippen molar-refractivity contribution in [3.8, 4) is 0 Å². The number of H-pyrrole nitrogens is 1. The zero-order chi connectivity index (χ0) is 20.5. The standard InChI is InChI=1S/C23H28N4O2/c1-14-6-7-19-17(12-14)18(22(28)26-19)13-20-15(2)21(16(3)25-20)23(29)24-8-11-27-9-4-5-10-27/h6-7,12-13,25H,4-5,8-11H2,1-3H3,(H,24,29)(H,26,28)/b18-13-. The summed E-state index contributed by atoms with van der Waals surface area (Å²) in [6.45, 7) is 9.62. The zero-order valence-electron chi connectivity index (χ0n) is 17.3. The molecule has 2 aromatic rings. The number of likely N-dealkylation sites (tertiary alicyclic amines) is 1. The number of fused-ring (bicyclic) bond motifs is 1. The van der Waals surface area contributed by atoms with E-state index >= 15 is 0 Å². The van der Waals surface area contributed by atoms with Crippen molar-refractivity contribution in [2.75, 3.05) is 31.5 Å². The topological polar surface area (TPSA) is 77.2 Å². The molecule has 2 aliphatic rings. The van der Waals surface area contributed by atoms with Crippen LogP contribution in [0.4, 0.5) is 5.69 Å². The van der Waals surface area contributed by atoms with Gasteiger partial charge in [0, 0.05) is 35.7 Å². The maximum Gasteiger partial charge on any atom is 0.256 e. The van der Waals surface area contributed by atoms with Crippen LogP contribution in [0.5, 0.6) is 0 Å². The third-order valence-corrected chi connectivity index (χ3v) is 5.86. The predicted molar refractivity (Wildman–Crippen MR) is 116 cm³/mol. The van der Waals surface area contributed by atoms with Crippen molar-refractivity contribution in [1.29, 1.82) is 0 Å². The fraction of sp³-hybridized carbons (Fsp3) is 0.391. The summed E-state index contributed by atoms with van der Waals surface area (Å²) >= 11 is 0. The maximum atomic E-state index is 12.8. The molecule has 1 fully saturated rings. The number of aromatic nitrogens is 1. The summed E-state index contributed by atoms with van der Waals surface area (Å²) in [5.74, 6) is -0.180. The van der Waals surface area contributed by atoms with Crippen molar-refractivity contribution in [3.63, 3.8) is 0 Å². The average Bonchev–Trinajstić information content (AvgIpc) is 3.36. The van der Waals surface area contributed by atoms with Crippen molar-refractivity contribution in [2.24, 2.45) is 0 Å². The van der Waals surface area contributed by atoms with Crippen LogP contribution in [0.2, 0.25) is 0 Å². The molecular formula is C23H28N4O2. The minimum atomic E-state index is -0.117. The molecule has 2 aliphatic heterocycles. The highest BCUT2D eigenvalue weighted by molar-refractivity contribution is 6.35. The van der Waals surface area contributed by atoms with Crippen LogP contribution in [0.15, 0.2) is 18.2 Å². The first-order chi connectivity index (χ1) is 13.9. The molecule has 0 unspecified atom stereocenters. The molecule has 2 amide bonds. The van der Waals surface area contributed by atoms with Gasteiger partial charge in [-0.2, -0.15) is 0 Å². The largest absolute Gasteiger partial charge is 0.358 e. The zero-order valence-corrected chi connectivity index (χ0v) is 17.3. The molecule has 6 heteroatoms. The molecule has 0 spiro atoms. The van der Waals surface area contributed by atoms with E-state index in [1.165, 1.54) is 12.8 Å². The SMILES string of the molecule is Cc1ccc2c(c1)/C(=C/c1[nH]c(C)c(C(=O)NCCN3CCCC3)c1C)C(=O)N2. The summed E-state index contributed by atoms with van der Waals surface area (Å²) in [6.07, 6.45) is 4.35. The summed E-state index contributed by atoms with van der Waals surface area (Å²) in [7, 11) is 0. The minimum absolute atomic E-state index is 0.0628. The fourth-order valence-corrected chi connectivity index (χ4v) is 4.27. The molecular weight excluding hydrogens is 364 g/mol. The van der Waals surface area contributed by atoms with Crippen LogP contribution in [0.25, 0.3) is 11.6 Å². The smallest absolute Gasteiger partial charge is 0.256 e. The van der Waals surface area contributed by atoms with E-state index in [2.05, 4.69) is 20.5 Å². The molecule has 0 bridgehead atoms. The third kappa shape index (κ3) is 3.85. The van der Waals surface area contributed by atoms with E-state index in [4.69, 9.17) is 0 Å². The van der Waals surface area contributed by atoms with Gasteiger partial charge in [0.15, 0.2) is 0 Å². The number of hydrogen-bond donors (Lipinski definition) is 3. The number of anilines is 1. The maximum absolute atomic E-state index is 12.8. The van der Waals surface area contributed by atoms with Gasteiger partial charge in [-0.1, -0.05) is 11.6 Å². The monoisotopic (exact) mass is 392 g/mol. The Hall–Kier alpha value is -2.86. The quantitative estimate of drug-likeness (QED) is 0.684. The lowest BCUT2D eigenvalue weighted by Crippen LogP contribution is -2.33. The molecule has 152 valence electrons. The van der Waals surface area contributed by atoms with E-state index in [0.29, 0.717) is 17.7 Å². The minimum Gasteiger partial charge on any atom is -0.358 e. The van der Waals surface area contributed by atoms with Crippen LogP contribution in [0, 0.1) is 20.8 Å². The first-order valence-electron chi connectivity index (χ1n) is 10.3. The van der Waals surface area contributed by atoms with E-state index in [1.807, 2.05) is 45.0 Å². The summed E-state index contributed by atoms with van der Waals surface area (Å²) in [5.41, 5.74) is 6.59. The molecule has 0 radical (unpaired) electrons. The van der Waals surface area contributed by atoms with Gasteiger partial charge in [-0.05, 0) is 70.5 Å². The van der Waals surface area contributed by atoms with Gasteiger partial charge in [0.05, 0.1) is 11.1 Å². The number of nitrogens with zero attached hydrogens (tertiary/aromatic N) is 1. The lowest BCUT2D eigenvalue weighted by molar-refractivity contribution is -0.110. The van der Waals surface area contributed by atoms with Gasteiger partial charge in [0.1, 0.15) is 0 Å². The van der Waals surface area contributed by atoms with E-state index < -0.39 is 0 Å². The lowest BCUT2D eigenvalue weighted by atomic mass is 10.0.